The number of aromatic nitrogens is 2. The minimum Gasteiger partial charge on any atom is -0.492 e. The zero-order chi connectivity index (χ0) is 18.0. The van der Waals surface area contributed by atoms with Gasteiger partial charge in [0, 0.05) is 38.3 Å². The van der Waals surface area contributed by atoms with E-state index in [1.165, 1.54) is 10.5 Å². The molecule has 2 fully saturated rings. The molecule has 0 radical (unpaired) electrons. The quantitative estimate of drug-likeness (QED) is 0.765. The Kier molecular flexibility index (Phi) is 4.64. The summed E-state index contributed by atoms with van der Waals surface area (Å²) in [5, 5.41) is 0. The molecule has 7 nitrogen and oxygen atoms in total. The Morgan fingerprint density at radius 3 is 2.65 bits per heavy atom. The van der Waals surface area contributed by atoms with Gasteiger partial charge in [-0.05, 0) is 43.0 Å². The average Bonchev–Trinajstić information content (AvgIpc) is 3.06. The summed E-state index contributed by atoms with van der Waals surface area (Å²) in [6, 6.07) is 6.91. The Labute approximate surface area is 153 Å². The van der Waals surface area contributed by atoms with Crippen LogP contribution in [0.1, 0.15) is 12.8 Å². The molecule has 2 aromatic heterocycles. The molecule has 26 heavy (non-hydrogen) atoms. The molecular formula is C18H21N3O4S. The van der Waals surface area contributed by atoms with Crippen LogP contribution < -0.4 is 4.74 Å². The summed E-state index contributed by atoms with van der Waals surface area (Å²) in [6.07, 6.45) is 8.10. The van der Waals surface area contributed by atoms with Crippen molar-refractivity contribution in [2.75, 3.05) is 26.3 Å². The summed E-state index contributed by atoms with van der Waals surface area (Å²) >= 11 is 0. The van der Waals surface area contributed by atoms with Crippen molar-refractivity contribution in [3.05, 3.63) is 49.1 Å². The number of sulfonamides is 1. The SMILES string of the molecule is O=S(=O)(c1cccnc1)N1CC2(C1)OCC[C@H]2CCOc1cccnc1. The molecule has 2 aliphatic heterocycles. The Balaban J connectivity index is 1.36. The number of ether oxygens (including phenoxy) is 2. The van der Waals surface area contributed by atoms with E-state index >= 15 is 0 Å². The van der Waals surface area contributed by atoms with Crippen LogP contribution >= 0.6 is 0 Å². The van der Waals surface area contributed by atoms with E-state index < -0.39 is 10.0 Å². The van der Waals surface area contributed by atoms with Gasteiger partial charge >= 0.3 is 0 Å². The van der Waals surface area contributed by atoms with Crippen molar-refractivity contribution >= 4 is 10.0 Å². The number of rotatable bonds is 6. The van der Waals surface area contributed by atoms with Gasteiger partial charge in [0.25, 0.3) is 0 Å². The fourth-order valence-corrected chi connectivity index (χ4v) is 5.18. The van der Waals surface area contributed by atoms with Crippen molar-refractivity contribution in [2.45, 2.75) is 23.3 Å². The molecule has 4 heterocycles. The second kappa shape index (κ2) is 6.94. The number of hydrogen-bond donors (Lipinski definition) is 0. The van der Waals surface area contributed by atoms with Crippen molar-refractivity contribution in [2.24, 2.45) is 5.92 Å². The second-order valence-electron chi connectivity index (χ2n) is 6.69. The molecule has 0 unspecified atom stereocenters. The number of pyridine rings is 2. The van der Waals surface area contributed by atoms with Crippen LogP contribution in [0.3, 0.4) is 0 Å². The zero-order valence-electron chi connectivity index (χ0n) is 14.3. The first-order valence-corrected chi connectivity index (χ1v) is 10.1. The summed E-state index contributed by atoms with van der Waals surface area (Å²) in [7, 11) is -3.50. The maximum Gasteiger partial charge on any atom is 0.244 e. The van der Waals surface area contributed by atoms with Crippen LogP contribution in [-0.2, 0) is 14.8 Å². The molecule has 2 saturated heterocycles. The van der Waals surface area contributed by atoms with Crippen LogP contribution in [0.2, 0.25) is 0 Å². The van der Waals surface area contributed by atoms with Gasteiger partial charge < -0.3 is 9.47 Å². The van der Waals surface area contributed by atoms with E-state index in [1.54, 1.807) is 30.7 Å². The molecular weight excluding hydrogens is 354 g/mol. The molecule has 0 saturated carbocycles. The lowest BCUT2D eigenvalue weighted by Gasteiger charge is -2.49. The Bertz CT molecular complexity index is 839. The Morgan fingerprint density at radius 2 is 1.96 bits per heavy atom. The predicted molar refractivity (Wildman–Crippen MR) is 94.1 cm³/mol. The maximum absolute atomic E-state index is 12.7. The van der Waals surface area contributed by atoms with Gasteiger partial charge in [0.05, 0.1) is 18.4 Å². The van der Waals surface area contributed by atoms with Crippen LogP contribution in [-0.4, -0.2) is 54.6 Å². The fraction of sp³-hybridized carbons (Fsp3) is 0.444. The first-order chi connectivity index (χ1) is 12.6. The van der Waals surface area contributed by atoms with Crippen molar-refractivity contribution < 1.29 is 17.9 Å². The third-order valence-corrected chi connectivity index (χ3v) is 6.90. The van der Waals surface area contributed by atoms with E-state index in [0.717, 1.165) is 18.6 Å². The molecule has 1 spiro atoms. The van der Waals surface area contributed by atoms with Crippen molar-refractivity contribution in [1.82, 2.24) is 14.3 Å². The van der Waals surface area contributed by atoms with Crippen LogP contribution in [0, 0.1) is 5.92 Å². The van der Waals surface area contributed by atoms with Crippen LogP contribution in [0.4, 0.5) is 0 Å². The highest BCUT2D eigenvalue weighted by molar-refractivity contribution is 7.89. The Morgan fingerprint density at radius 1 is 1.19 bits per heavy atom. The lowest BCUT2D eigenvalue weighted by atomic mass is 9.80. The lowest BCUT2D eigenvalue weighted by molar-refractivity contribution is -0.104. The minimum atomic E-state index is -3.50. The summed E-state index contributed by atoms with van der Waals surface area (Å²) in [4.78, 5) is 8.16. The van der Waals surface area contributed by atoms with E-state index in [9.17, 15) is 8.42 Å². The van der Waals surface area contributed by atoms with E-state index in [4.69, 9.17) is 9.47 Å². The molecule has 1 atom stereocenters. The largest absolute Gasteiger partial charge is 0.492 e. The molecule has 0 aromatic carbocycles. The second-order valence-corrected chi connectivity index (χ2v) is 8.62. The topological polar surface area (TPSA) is 81.6 Å². The number of hydrogen-bond acceptors (Lipinski definition) is 6. The third-order valence-electron chi connectivity index (χ3n) is 5.13. The van der Waals surface area contributed by atoms with Crippen molar-refractivity contribution in [1.29, 1.82) is 0 Å². The van der Waals surface area contributed by atoms with Gasteiger partial charge in [0.1, 0.15) is 10.6 Å². The third kappa shape index (κ3) is 3.20. The molecule has 8 heteroatoms. The van der Waals surface area contributed by atoms with Gasteiger partial charge in [-0.15, -0.1) is 0 Å². The highest BCUT2D eigenvalue weighted by atomic mass is 32.2. The zero-order valence-corrected chi connectivity index (χ0v) is 15.1. The van der Waals surface area contributed by atoms with Gasteiger partial charge in [-0.3, -0.25) is 9.97 Å². The van der Waals surface area contributed by atoms with E-state index in [-0.39, 0.29) is 10.5 Å². The van der Waals surface area contributed by atoms with Gasteiger partial charge in [0.2, 0.25) is 10.0 Å². The van der Waals surface area contributed by atoms with E-state index in [0.29, 0.717) is 32.2 Å². The number of nitrogens with zero attached hydrogens (tertiary/aromatic N) is 3. The summed E-state index contributed by atoms with van der Waals surface area (Å²) in [6.45, 7) is 2.01. The summed E-state index contributed by atoms with van der Waals surface area (Å²) in [5.41, 5.74) is -0.381. The molecule has 138 valence electrons. The minimum absolute atomic E-state index is 0.226. The molecule has 4 rings (SSSR count). The summed E-state index contributed by atoms with van der Waals surface area (Å²) < 4.78 is 38.5. The highest BCUT2D eigenvalue weighted by Crippen LogP contribution is 2.43. The Hall–Kier alpha value is -2.03. The molecule has 0 amide bonds. The molecule has 0 N–H and O–H groups in total. The first kappa shape index (κ1) is 17.4. The maximum atomic E-state index is 12.7. The standard InChI is InChI=1S/C18H21N3O4S/c22-26(23,17-4-2-8-20-12-17)21-13-18(14-21)15(6-10-25-18)5-9-24-16-3-1-7-19-11-16/h1-4,7-8,11-12,15H,5-6,9-10,13-14H2/t15-/m1/s1. The molecule has 2 aromatic rings. The van der Waals surface area contributed by atoms with E-state index in [1.807, 2.05) is 12.1 Å². The smallest absolute Gasteiger partial charge is 0.244 e. The lowest BCUT2D eigenvalue weighted by Crippen LogP contribution is -2.66. The molecule has 0 aliphatic carbocycles. The fourth-order valence-electron chi connectivity index (χ4n) is 3.66. The van der Waals surface area contributed by atoms with Gasteiger partial charge in [-0.2, -0.15) is 4.31 Å². The highest BCUT2D eigenvalue weighted by Gasteiger charge is 2.56. The van der Waals surface area contributed by atoms with Crippen LogP contribution in [0.5, 0.6) is 5.75 Å². The van der Waals surface area contributed by atoms with Gasteiger partial charge in [-0.1, -0.05) is 0 Å². The molecule has 2 aliphatic rings. The van der Waals surface area contributed by atoms with Crippen molar-refractivity contribution in [3.8, 4) is 5.75 Å². The van der Waals surface area contributed by atoms with Gasteiger partial charge in [-0.25, -0.2) is 8.42 Å². The van der Waals surface area contributed by atoms with Crippen LogP contribution in [0.25, 0.3) is 0 Å². The van der Waals surface area contributed by atoms with Crippen LogP contribution in [0.15, 0.2) is 53.9 Å². The normalized spacial score (nSPS) is 22.2. The van der Waals surface area contributed by atoms with Gasteiger partial charge in [0.15, 0.2) is 0 Å². The first-order valence-electron chi connectivity index (χ1n) is 8.67. The summed E-state index contributed by atoms with van der Waals surface area (Å²) in [5.74, 6) is 1.04. The van der Waals surface area contributed by atoms with Crippen molar-refractivity contribution in [3.63, 3.8) is 0 Å². The molecule has 0 bridgehead atoms. The van der Waals surface area contributed by atoms with E-state index in [2.05, 4.69) is 9.97 Å². The monoisotopic (exact) mass is 375 g/mol. The predicted octanol–water partition coefficient (Wildman–Crippen LogP) is 1.73. The average molecular weight is 375 g/mol.